The molecule has 2 N–H and O–H groups in total. The number of carbonyl (C=O) groups is 1. The van der Waals surface area contributed by atoms with Gasteiger partial charge in [0.05, 0.1) is 13.7 Å². The lowest BCUT2D eigenvalue weighted by molar-refractivity contribution is -0.122. The number of hydrogen-bond acceptors (Lipinski definition) is 3. The maximum Gasteiger partial charge on any atom is 0.220 e. The first-order chi connectivity index (χ1) is 12.0. The number of halogens is 1. The topological polar surface area (TPSA) is 58.6 Å². The molecule has 2 aromatic carbocycles. The predicted molar refractivity (Wildman–Crippen MR) is 94.6 cm³/mol. The van der Waals surface area contributed by atoms with Gasteiger partial charge < -0.3 is 15.2 Å². The lowest BCUT2D eigenvalue weighted by atomic mass is 9.97. The van der Waals surface area contributed by atoms with Crippen molar-refractivity contribution in [2.45, 2.75) is 32.9 Å². The molecule has 0 saturated carbocycles. The van der Waals surface area contributed by atoms with E-state index in [1.54, 1.807) is 19.2 Å². The summed E-state index contributed by atoms with van der Waals surface area (Å²) < 4.78 is 18.7. The van der Waals surface area contributed by atoms with Crippen molar-refractivity contribution in [2.75, 3.05) is 7.11 Å². The molecule has 2 rings (SSSR count). The van der Waals surface area contributed by atoms with Crippen molar-refractivity contribution in [3.8, 4) is 5.75 Å². The third-order valence-corrected chi connectivity index (χ3v) is 4.06. The van der Waals surface area contributed by atoms with Crippen LogP contribution in [0.3, 0.4) is 0 Å². The second-order valence-corrected chi connectivity index (χ2v) is 6.19. The van der Waals surface area contributed by atoms with E-state index in [9.17, 15) is 9.18 Å². The van der Waals surface area contributed by atoms with E-state index in [0.717, 1.165) is 23.3 Å². The fourth-order valence-corrected chi connectivity index (χ4v) is 2.77. The molecule has 5 heteroatoms. The smallest absolute Gasteiger partial charge is 0.220 e. The monoisotopic (exact) mass is 345 g/mol. The Bertz CT molecular complexity index is 718. The van der Waals surface area contributed by atoms with Gasteiger partial charge in [-0.15, -0.1) is 0 Å². The summed E-state index contributed by atoms with van der Waals surface area (Å²) in [6.07, 6.45) is 1.15. The van der Waals surface area contributed by atoms with Crippen LogP contribution >= 0.6 is 0 Å². The number of benzene rings is 2. The fourth-order valence-electron chi connectivity index (χ4n) is 2.77. The molecular weight excluding hydrogens is 321 g/mol. The van der Waals surface area contributed by atoms with E-state index < -0.39 is 5.82 Å². The van der Waals surface area contributed by atoms with Crippen LogP contribution in [-0.4, -0.2) is 18.1 Å². The zero-order valence-corrected chi connectivity index (χ0v) is 14.6. The summed E-state index contributed by atoms with van der Waals surface area (Å²) in [7, 11) is 1.64. The quantitative estimate of drug-likeness (QED) is 0.772. The summed E-state index contributed by atoms with van der Waals surface area (Å²) in [5.74, 6) is 0.496. The second kappa shape index (κ2) is 9.18. The normalized spacial score (nSPS) is 11.8. The van der Waals surface area contributed by atoms with Gasteiger partial charge in [-0.3, -0.25) is 4.79 Å². The number of nitrogens with one attached hydrogen (secondary N) is 1. The molecule has 0 aliphatic carbocycles. The number of aliphatic hydroxyl groups excluding tert-OH is 1. The van der Waals surface area contributed by atoms with E-state index in [2.05, 4.69) is 5.32 Å². The van der Waals surface area contributed by atoms with E-state index >= 15 is 0 Å². The Labute approximate surface area is 147 Å². The van der Waals surface area contributed by atoms with Gasteiger partial charge >= 0.3 is 0 Å². The molecule has 2 aromatic rings. The summed E-state index contributed by atoms with van der Waals surface area (Å²) in [6, 6.07) is 12.3. The van der Waals surface area contributed by atoms with Crippen molar-refractivity contribution in [3.05, 3.63) is 65.0 Å². The largest absolute Gasteiger partial charge is 0.496 e. The predicted octanol–water partition coefficient (Wildman–Crippen LogP) is 3.21. The van der Waals surface area contributed by atoms with E-state index in [4.69, 9.17) is 9.84 Å². The van der Waals surface area contributed by atoms with Gasteiger partial charge in [0.1, 0.15) is 11.6 Å². The van der Waals surface area contributed by atoms with Crippen LogP contribution in [-0.2, 0) is 24.4 Å². The lowest BCUT2D eigenvalue weighted by Crippen LogP contribution is -2.25. The fraction of sp³-hybridized carbons (Fsp3) is 0.350. The van der Waals surface area contributed by atoms with Crippen LogP contribution in [0.15, 0.2) is 42.5 Å². The standard InChI is InChI=1S/C20H24FNO3/c1-14(9-16-5-3-4-6-19(16)25-2)10-20(24)22-12-15-7-8-18(21)17(11-15)13-23/h3-8,11,14,23H,9-10,12-13H2,1-2H3,(H,22,24). The average Bonchev–Trinajstić information content (AvgIpc) is 2.61. The molecule has 134 valence electrons. The maximum atomic E-state index is 13.4. The van der Waals surface area contributed by atoms with Crippen molar-refractivity contribution < 1.29 is 19.0 Å². The first-order valence-electron chi connectivity index (χ1n) is 8.30. The van der Waals surface area contributed by atoms with Crippen molar-refractivity contribution in [1.82, 2.24) is 5.32 Å². The third-order valence-electron chi connectivity index (χ3n) is 4.06. The SMILES string of the molecule is COc1ccccc1CC(C)CC(=O)NCc1ccc(F)c(CO)c1. The number of aliphatic hydroxyl groups is 1. The molecule has 0 saturated heterocycles. The number of carbonyl (C=O) groups excluding carboxylic acids is 1. The molecule has 4 nitrogen and oxygen atoms in total. The van der Waals surface area contributed by atoms with E-state index in [-0.39, 0.29) is 24.0 Å². The minimum Gasteiger partial charge on any atom is -0.496 e. The molecule has 25 heavy (non-hydrogen) atoms. The summed E-state index contributed by atoms with van der Waals surface area (Å²) in [5, 5.41) is 11.9. The van der Waals surface area contributed by atoms with Gasteiger partial charge in [0.25, 0.3) is 0 Å². The van der Waals surface area contributed by atoms with Crippen LogP contribution in [0.4, 0.5) is 4.39 Å². The molecule has 0 heterocycles. The number of methoxy groups -OCH3 is 1. The molecule has 0 radical (unpaired) electrons. The van der Waals surface area contributed by atoms with Gasteiger partial charge in [-0.1, -0.05) is 31.2 Å². The average molecular weight is 345 g/mol. The molecule has 1 atom stereocenters. The molecule has 0 bridgehead atoms. The minimum atomic E-state index is -0.442. The molecule has 0 spiro atoms. The molecule has 1 unspecified atom stereocenters. The summed E-state index contributed by atoms with van der Waals surface area (Å²) in [5.41, 5.74) is 2.07. The molecule has 0 aliphatic rings. The van der Waals surface area contributed by atoms with Gasteiger partial charge in [-0.2, -0.15) is 0 Å². The van der Waals surface area contributed by atoms with Crippen molar-refractivity contribution in [2.24, 2.45) is 5.92 Å². The number of para-hydroxylation sites is 1. The highest BCUT2D eigenvalue weighted by Crippen LogP contribution is 2.22. The molecule has 0 aliphatic heterocycles. The lowest BCUT2D eigenvalue weighted by Gasteiger charge is -2.14. The molecular formula is C20H24FNO3. The zero-order valence-electron chi connectivity index (χ0n) is 14.6. The molecule has 0 fully saturated rings. The summed E-state index contributed by atoms with van der Waals surface area (Å²) in [4.78, 5) is 12.1. The number of ether oxygens (including phenoxy) is 1. The Morgan fingerprint density at radius 1 is 1.24 bits per heavy atom. The highest BCUT2D eigenvalue weighted by Gasteiger charge is 2.12. The summed E-state index contributed by atoms with van der Waals surface area (Å²) >= 11 is 0. The van der Waals surface area contributed by atoms with Crippen molar-refractivity contribution in [3.63, 3.8) is 0 Å². The van der Waals surface area contributed by atoms with E-state index in [1.165, 1.54) is 6.07 Å². The van der Waals surface area contributed by atoms with Crippen LogP contribution in [0.1, 0.15) is 30.0 Å². The van der Waals surface area contributed by atoms with Crippen LogP contribution in [0.5, 0.6) is 5.75 Å². The second-order valence-electron chi connectivity index (χ2n) is 6.19. The van der Waals surface area contributed by atoms with Crippen LogP contribution in [0.25, 0.3) is 0 Å². The first-order valence-corrected chi connectivity index (χ1v) is 8.30. The first kappa shape index (κ1) is 18.9. The Kier molecular flexibility index (Phi) is 6.95. The van der Waals surface area contributed by atoms with E-state index in [1.807, 2.05) is 31.2 Å². The highest BCUT2D eigenvalue weighted by atomic mass is 19.1. The zero-order chi connectivity index (χ0) is 18.2. The van der Waals surface area contributed by atoms with Crippen molar-refractivity contribution >= 4 is 5.91 Å². The van der Waals surface area contributed by atoms with Crippen LogP contribution in [0.2, 0.25) is 0 Å². The third kappa shape index (κ3) is 5.57. The minimum absolute atomic E-state index is 0.0581. The van der Waals surface area contributed by atoms with Crippen molar-refractivity contribution in [1.29, 1.82) is 0 Å². The maximum absolute atomic E-state index is 13.4. The van der Waals surface area contributed by atoms with Crippen LogP contribution in [0, 0.1) is 11.7 Å². The summed E-state index contributed by atoms with van der Waals surface area (Å²) in [6.45, 7) is 1.98. The Hall–Kier alpha value is -2.40. The molecule has 0 aromatic heterocycles. The molecule has 1 amide bonds. The number of hydrogen-bond donors (Lipinski definition) is 2. The van der Waals surface area contributed by atoms with Gasteiger partial charge in [0, 0.05) is 18.5 Å². The van der Waals surface area contributed by atoms with Gasteiger partial charge in [-0.25, -0.2) is 4.39 Å². The Balaban J connectivity index is 1.85. The van der Waals surface area contributed by atoms with Gasteiger partial charge in [0.15, 0.2) is 0 Å². The Morgan fingerprint density at radius 2 is 2.00 bits per heavy atom. The van der Waals surface area contributed by atoms with E-state index in [0.29, 0.717) is 13.0 Å². The van der Waals surface area contributed by atoms with Crippen LogP contribution < -0.4 is 10.1 Å². The number of amides is 1. The highest BCUT2D eigenvalue weighted by molar-refractivity contribution is 5.76. The Morgan fingerprint density at radius 3 is 2.72 bits per heavy atom. The van der Waals surface area contributed by atoms with Gasteiger partial charge in [0.2, 0.25) is 5.91 Å². The van der Waals surface area contributed by atoms with Gasteiger partial charge in [-0.05, 0) is 41.7 Å². The number of rotatable bonds is 8.